The zero-order chi connectivity index (χ0) is 27.6. The van der Waals surface area contributed by atoms with Crippen LogP contribution in [-0.4, -0.2) is 6.10 Å². The molecule has 0 N–H and O–H groups in total. The van der Waals surface area contributed by atoms with E-state index in [0.29, 0.717) is 0 Å². The fourth-order valence-corrected chi connectivity index (χ4v) is 7.00. The van der Waals surface area contributed by atoms with E-state index in [1.54, 1.807) is 0 Å². The zero-order valence-corrected chi connectivity index (χ0v) is 22.9. The molecule has 2 heteroatoms. The number of hydrogen-bond acceptors (Lipinski definition) is 2. The zero-order valence-electron chi connectivity index (χ0n) is 22.9. The van der Waals surface area contributed by atoms with Crippen LogP contribution >= 0.6 is 0 Å². The second-order valence-electron chi connectivity index (χ2n) is 11.3. The highest BCUT2D eigenvalue weighted by molar-refractivity contribution is 6.24. The minimum absolute atomic E-state index is 0.000637. The normalized spacial score (nSPS) is 17.3. The lowest BCUT2D eigenvalue weighted by atomic mass is 9.84. The Labute approximate surface area is 244 Å². The quantitative estimate of drug-likeness (QED) is 0.207. The number of rotatable bonds is 4. The van der Waals surface area contributed by atoms with Gasteiger partial charge in [0.05, 0.1) is 0 Å². The highest BCUT2D eigenvalue weighted by atomic mass is 16.5. The van der Waals surface area contributed by atoms with Crippen molar-refractivity contribution in [3.63, 3.8) is 0 Å². The van der Waals surface area contributed by atoms with Gasteiger partial charge in [-0.2, -0.15) is 0 Å². The molecule has 2 nitrogen and oxygen atoms in total. The van der Waals surface area contributed by atoms with E-state index in [9.17, 15) is 0 Å². The van der Waals surface area contributed by atoms with Crippen LogP contribution in [0.1, 0.15) is 17.0 Å². The Bertz CT molecular complexity index is 2120. The smallest absolute Gasteiger partial charge is 0.128 e. The molecule has 1 heterocycles. The Balaban J connectivity index is 1.17. The van der Waals surface area contributed by atoms with Crippen LogP contribution in [0.2, 0.25) is 0 Å². The van der Waals surface area contributed by atoms with Crippen molar-refractivity contribution in [3.05, 3.63) is 163 Å². The van der Waals surface area contributed by atoms with Gasteiger partial charge in [-0.25, -0.2) is 0 Å². The number of anilines is 3. The lowest BCUT2D eigenvalue weighted by Crippen LogP contribution is -2.17. The van der Waals surface area contributed by atoms with Gasteiger partial charge in [0.15, 0.2) is 0 Å². The van der Waals surface area contributed by atoms with Crippen molar-refractivity contribution in [2.45, 2.75) is 12.0 Å². The third-order valence-corrected chi connectivity index (χ3v) is 8.92. The SMILES string of the molecule is C1=CC2Oc3ccc(N(c4ccccc4)c4ccccc4)cc3C2C=C1c1ccc2ccc3cccc4ccc1c2c34. The van der Waals surface area contributed by atoms with E-state index in [1.165, 1.54) is 49.0 Å². The van der Waals surface area contributed by atoms with Crippen LogP contribution in [0.25, 0.3) is 37.9 Å². The Kier molecular flexibility index (Phi) is 5.06. The molecule has 9 rings (SSSR count). The molecular weight excluding hydrogens is 510 g/mol. The summed E-state index contributed by atoms with van der Waals surface area (Å²) in [4.78, 5) is 2.32. The number of hydrogen-bond donors (Lipinski definition) is 0. The highest BCUT2D eigenvalue weighted by Crippen LogP contribution is 2.47. The third kappa shape index (κ3) is 3.52. The minimum Gasteiger partial charge on any atom is -0.485 e. The van der Waals surface area contributed by atoms with Gasteiger partial charge in [0.1, 0.15) is 11.9 Å². The molecule has 198 valence electrons. The summed E-state index contributed by atoms with van der Waals surface area (Å²) < 4.78 is 6.47. The Morgan fingerprint density at radius 1 is 0.548 bits per heavy atom. The first-order valence-electron chi connectivity index (χ1n) is 14.6. The maximum atomic E-state index is 6.47. The summed E-state index contributed by atoms with van der Waals surface area (Å²) in [5, 5.41) is 7.89. The lowest BCUT2D eigenvalue weighted by molar-refractivity contribution is 0.269. The van der Waals surface area contributed by atoms with Gasteiger partial charge >= 0.3 is 0 Å². The second kappa shape index (κ2) is 9.09. The molecule has 0 saturated heterocycles. The van der Waals surface area contributed by atoms with Gasteiger partial charge in [-0.1, -0.05) is 103 Å². The molecule has 2 aliphatic rings. The van der Waals surface area contributed by atoms with Gasteiger partial charge < -0.3 is 9.64 Å². The molecule has 0 spiro atoms. The van der Waals surface area contributed by atoms with Crippen LogP contribution < -0.4 is 9.64 Å². The van der Waals surface area contributed by atoms with Crippen molar-refractivity contribution in [3.8, 4) is 5.75 Å². The van der Waals surface area contributed by atoms with Gasteiger partial charge in [-0.05, 0) is 92.0 Å². The number of benzene rings is 7. The summed E-state index contributed by atoms with van der Waals surface area (Å²) in [6, 6.07) is 48.0. The van der Waals surface area contributed by atoms with Crippen molar-refractivity contribution in [1.29, 1.82) is 0 Å². The van der Waals surface area contributed by atoms with E-state index in [-0.39, 0.29) is 12.0 Å². The molecule has 7 aromatic carbocycles. The van der Waals surface area contributed by atoms with E-state index in [2.05, 4.69) is 157 Å². The van der Waals surface area contributed by atoms with Crippen molar-refractivity contribution in [1.82, 2.24) is 0 Å². The molecule has 1 aliphatic heterocycles. The molecular formula is C40H27NO. The van der Waals surface area contributed by atoms with Gasteiger partial charge in [-0.15, -0.1) is 0 Å². The van der Waals surface area contributed by atoms with E-state index in [4.69, 9.17) is 4.74 Å². The van der Waals surface area contributed by atoms with Gasteiger partial charge in [0, 0.05) is 28.5 Å². The number of para-hydroxylation sites is 2. The average Bonchev–Trinajstić information content (AvgIpc) is 3.42. The van der Waals surface area contributed by atoms with Crippen LogP contribution in [-0.2, 0) is 0 Å². The van der Waals surface area contributed by atoms with Crippen molar-refractivity contribution in [2.24, 2.45) is 0 Å². The Morgan fingerprint density at radius 3 is 1.95 bits per heavy atom. The molecule has 2 atom stereocenters. The van der Waals surface area contributed by atoms with Gasteiger partial charge in [0.2, 0.25) is 0 Å². The fraction of sp³-hybridized carbons (Fsp3) is 0.0500. The van der Waals surface area contributed by atoms with Crippen LogP contribution in [0.15, 0.2) is 152 Å². The minimum atomic E-state index is 0.000637. The summed E-state index contributed by atoms with van der Waals surface area (Å²) >= 11 is 0. The average molecular weight is 538 g/mol. The van der Waals surface area contributed by atoms with E-state index >= 15 is 0 Å². The standard InChI is InChI=1S/C40H27NO/c1-3-10-30(11-4-1)41(31-12-5-2-6-13-31)32-19-23-38-36(25-32)35-24-29(18-22-37(35)42-38)33-20-16-28-15-14-26-8-7-9-27-17-21-34(33)40(28)39(26)27/h1-25,35,37H. The Hall–Kier alpha value is -5.34. The predicted molar refractivity (Wildman–Crippen MR) is 176 cm³/mol. The van der Waals surface area contributed by atoms with E-state index in [1.807, 2.05) is 0 Å². The van der Waals surface area contributed by atoms with Crippen LogP contribution in [0.3, 0.4) is 0 Å². The van der Waals surface area contributed by atoms with E-state index < -0.39 is 0 Å². The number of nitrogens with zero attached hydrogens (tertiary/aromatic N) is 1. The summed E-state index contributed by atoms with van der Waals surface area (Å²) in [6.45, 7) is 0. The molecule has 0 saturated carbocycles. The summed E-state index contributed by atoms with van der Waals surface area (Å²) in [5.41, 5.74) is 7.14. The van der Waals surface area contributed by atoms with Crippen molar-refractivity contribution in [2.75, 3.05) is 4.90 Å². The summed E-state index contributed by atoms with van der Waals surface area (Å²) in [5.74, 6) is 1.11. The molecule has 0 radical (unpaired) electrons. The van der Waals surface area contributed by atoms with Crippen LogP contribution in [0.5, 0.6) is 5.75 Å². The highest BCUT2D eigenvalue weighted by Gasteiger charge is 2.34. The van der Waals surface area contributed by atoms with Crippen molar-refractivity contribution < 1.29 is 4.74 Å². The third-order valence-electron chi connectivity index (χ3n) is 8.92. The molecule has 0 amide bonds. The molecule has 0 aromatic heterocycles. The largest absolute Gasteiger partial charge is 0.485 e. The molecule has 2 unspecified atom stereocenters. The number of ether oxygens (including phenoxy) is 1. The topological polar surface area (TPSA) is 12.5 Å². The first-order valence-corrected chi connectivity index (χ1v) is 14.6. The number of fused-ring (bicyclic) bond motifs is 3. The van der Waals surface area contributed by atoms with Gasteiger partial charge in [0.25, 0.3) is 0 Å². The van der Waals surface area contributed by atoms with Crippen LogP contribution in [0, 0.1) is 0 Å². The van der Waals surface area contributed by atoms with Crippen molar-refractivity contribution >= 4 is 55.0 Å². The summed E-state index contributed by atoms with van der Waals surface area (Å²) in [7, 11) is 0. The maximum absolute atomic E-state index is 6.47. The molecule has 1 aliphatic carbocycles. The molecule has 42 heavy (non-hydrogen) atoms. The Morgan fingerprint density at radius 2 is 1.21 bits per heavy atom. The molecule has 0 bridgehead atoms. The summed E-state index contributed by atoms with van der Waals surface area (Å²) in [6.07, 6.45) is 6.91. The molecule has 7 aromatic rings. The predicted octanol–water partition coefficient (Wildman–Crippen LogP) is 10.6. The number of allylic oxidation sites excluding steroid dienone is 2. The first kappa shape index (κ1) is 23.4. The second-order valence-corrected chi connectivity index (χ2v) is 11.3. The van der Waals surface area contributed by atoms with Crippen LogP contribution in [0.4, 0.5) is 17.1 Å². The van der Waals surface area contributed by atoms with E-state index in [0.717, 1.165) is 22.8 Å². The first-order chi connectivity index (χ1) is 20.8. The fourth-order valence-electron chi connectivity index (χ4n) is 7.00. The monoisotopic (exact) mass is 537 g/mol. The lowest BCUT2D eigenvalue weighted by Gasteiger charge is -2.26. The maximum Gasteiger partial charge on any atom is 0.128 e. The van der Waals surface area contributed by atoms with Gasteiger partial charge in [-0.3, -0.25) is 0 Å². The molecule has 0 fully saturated rings.